The van der Waals surface area contributed by atoms with Crippen LogP contribution in [-0.2, 0) is 4.79 Å². The fraction of sp³-hybridized carbons (Fsp3) is 0.185. The second kappa shape index (κ2) is 10.6. The quantitative estimate of drug-likeness (QED) is 0.420. The number of allylic oxidation sites excluding steroid dienone is 1. The summed E-state index contributed by atoms with van der Waals surface area (Å²) in [6.45, 7) is 3.76. The van der Waals surface area contributed by atoms with Crippen LogP contribution in [0, 0.1) is 24.2 Å². The number of hydrogen-bond acceptors (Lipinski definition) is 6. The van der Waals surface area contributed by atoms with Gasteiger partial charge >= 0.3 is 0 Å². The van der Waals surface area contributed by atoms with Crippen LogP contribution in [0.2, 0.25) is 0 Å². The SMILES string of the molecule is CC1=C(C(=O)Nc2ccccc2)[C@@H](c2cccs2)C(C#N)C(SCC(=O)c2ccc(C)cc2)=N1. The zero-order valence-corrected chi connectivity index (χ0v) is 20.5. The summed E-state index contributed by atoms with van der Waals surface area (Å²) in [7, 11) is 0. The highest BCUT2D eigenvalue weighted by Gasteiger charge is 2.39. The molecule has 0 saturated carbocycles. The topological polar surface area (TPSA) is 82.3 Å². The molecule has 0 saturated heterocycles. The molecule has 1 amide bonds. The van der Waals surface area contributed by atoms with E-state index in [9.17, 15) is 14.9 Å². The molecule has 4 rings (SSSR count). The molecule has 7 heteroatoms. The fourth-order valence-electron chi connectivity index (χ4n) is 3.84. The number of nitrogens with zero attached hydrogens (tertiary/aromatic N) is 2. The Hall–Kier alpha value is -3.47. The average molecular weight is 486 g/mol. The lowest BCUT2D eigenvalue weighted by atomic mass is 9.82. The lowest BCUT2D eigenvalue weighted by molar-refractivity contribution is -0.113. The highest BCUT2D eigenvalue weighted by Crippen LogP contribution is 2.43. The van der Waals surface area contributed by atoms with Gasteiger partial charge < -0.3 is 5.32 Å². The minimum atomic E-state index is -0.658. The van der Waals surface area contributed by atoms with Gasteiger partial charge in [0.05, 0.1) is 16.9 Å². The number of nitrogens with one attached hydrogen (secondary N) is 1. The number of para-hydroxylation sites is 1. The zero-order chi connectivity index (χ0) is 24.1. The first-order valence-electron chi connectivity index (χ1n) is 10.8. The van der Waals surface area contributed by atoms with Gasteiger partial charge in [0.15, 0.2) is 5.78 Å². The van der Waals surface area contributed by atoms with Gasteiger partial charge in [0, 0.05) is 33.3 Å². The summed E-state index contributed by atoms with van der Waals surface area (Å²) < 4.78 is 0. The van der Waals surface area contributed by atoms with Gasteiger partial charge in [-0.3, -0.25) is 9.59 Å². The van der Waals surface area contributed by atoms with Crippen LogP contribution in [0.1, 0.15) is 33.6 Å². The predicted molar refractivity (Wildman–Crippen MR) is 139 cm³/mol. The van der Waals surface area contributed by atoms with Crippen molar-refractivity contribution >= 4 is 45.5 Å². The second-order valence-electron chi connectivity index (χ2n) is 7.95. The highest BCUT2D eigenvalue weighted by molar-refractivity contribution is 8.14. The van der Waals surface area contributed by atoms with Crippen molar-refractivity contribution in [3.8, 4) is 6.07 Å². The molecule has 1 aromatic heterocycles. The Bertz CT molecular complexity index is 1290. The zero-order valence-electron chi connectivity index (χ0n) is 18.8. The molecule has 2 aromatic carbocycles. The highest BCUT2D eigenvalue weighted by atomic mass is 32.2. The number of aryl methyl sites for hydroxylation is 1. The van der Waals surface area contributed by atoms with Gasteiger partial charge in [-0.25, -0.2) is 4.99 Å². The van der Waals surface area contributed by atoms with E-state index < -0.39 is 11.8 Å². The van der Waals surface area contributed by atoms with Gasteiger partial charge in [-0.1, -0.05) is 54.1 Å². The minimum Gasteiger partial charge on any atom is -0.322 e. The standard InChI is InChI=1S/C27H23N3O2S2/c1-17-10-12-19(13-11-17)22(31)16-34-27-21(15-28)25(23-9-6-14-33-23)24(18(2)29-27)26(32)30-20-7-4-3-5-8-20/h3-14,21,25H,16H2,1-2H3,(H,30,32)/t21?,25-/m1/s1. The molecule has 0 radical (unpaired) electrons. The Kier molecular flexibility index (Phi) is 7.41. The van der Waals surface area contributed by atoms with Crippen molar-refractivity contribution in [3.05, 3.63) is 99.4 Å². The monoisotopic (exact) mass is 485 g/mol. The summed E-state index contributed by atoms with van der Waals surface area (Å²) in [5.41, 5.74) is 3.44. The number of carbonyl (C=O) groups is 2. The summed E-state index contributed by atoms with van der Waals surface area (Å²) in [6, 6.07) is 22.9. The molecule has 2 atom stereocenters. The summed E-state index contributed by atoms with van der Waals surface area (Å²) >= 11 is 2.78. The predicted octanol–water partition coefficient (Wildman–Crippen LogP) is 6.22. The van der Waals surface area contributed by atoms with Crippen LogP contribution in [0.25, 0.3) is 0 Å². The third-order valence-electron chi connectivity index (χ3n) is 5.57. The van der Waals surface area contributed by atoms with E-state index in [1.54, 1.807) is 6.92 Å². The van der Waals surface area contributed by atoms with Crippen molar-refractivity contribution in [1.82, 2.24) is 0 Å². The van der Waals surface area contributed by atoms with Gasteiger partial charge in [-0.2, -0.15) is 5.26 Å². The molecule has 2 heterocycles. The average Bonchev–Trinajstić information content (AvgIpc) is 3.37. The summed E-state index contributed by atoms with van der Waals surface area (Å²) in [6.07, 6.45) is 0. The van der Waals surface area contributed by atoms with Gasteiger partial charge in [0.1, 0.15) is 5.92 Å². The maximum Gasteiger partial charge on any atom is 0.254 e. The van der Waals surface area contributed by atoms with Crippen LogP contribution in [0.5, 0.6) is 0 Å². The van der Waals surface area contributed by atoms with Crippen LogP contribution in [-0.4, -0.2) is 22.5 Å². The number of anilines is 1. The lowest BCUT2D eigenvalue weighted by Gasteiger charge is -2.29. The maximum absolute atomic E-state index is 13.3. The lowest BCUT2D eigenvalue weighted by Crippen LogP contribution is -2.31. The molecule has 34 heavy (non-hydrogen) atoms. The summed E-state index contributed by atoms with van der Waals surface area (Å²) in [5.74, 6) is -1.23. The van der Waals surface area contributed by atoms with E-state index in [0.717, 1.165) is 10.4 Å². The second-order valence-corrected chi connectivity index (χ2v) is 9.92. The molecule has 0 aliphatic carbocycles. The molecule has 5 nitrogen and oxygen atoms in total. The maximum atomic E-state index is 13.3. The number of ketones is 1. The van der Waals surface area contributed by atoms with Crippen LogP contribution in [0.4, 0.5) is 5.69 Å². The Morgan fingerprint density at radius 1 is 1.06 bits per heavy atom. The largest absolute Gasteiger partial charge is 0.322 e. The number of thiophene rings is 1. The van der Waals surface area contributed by atoms with Crippen LogP contribution < -0.4 is 5.32 Å². The smallest absolute Gasteiger partial charge is 0.254 e. The van der Waals surface area contributed by atoms with Crippen LogP contribution >= 0.6 is 23.1 Å². The molecule has 1 aliphatic rings. The number of carbonyl (C=O) groups excluding carboxylic acids is 2. The summed E-state index contributed by atoms with van der Waals surface area (Å²) in [5, 5.41) is 15.6. The van der Waals surface area contributed by atoms with Gasteiger partial charge in [0.2, 0.25) is 0 Å². The van der Waals surface area contributed by atoms with E-state index in [4.69, 9.17) is 0 Å². The van der Waals surface area contributed by atoms with E-state index in [1.807, 2.05) is 79.0 Å². The van der Waals surface area contributed by atoms with E-state index >= 15 is 0 Å². The van der Waals surface area contributed by atoms with Crippen molar-refractivity contribution < 1.29 is 9.59 Å². The minimum absolute atomic E-state index is 0.0219. The molecule has 0 spiro atoms. The van der Waals surface area contributed by atoms with E-state index in [0.29, 0.717) is 27.6 Å². The molecule has 0 fully saturated rings. The van der Waals surface area contributed by atoms with E-state index in [2.05, 4.69) is 16.4 Å². The molecular weight excluding hydrogens is 462 g/mol. The van der Waals surface area contributed by atoms with Crippen LogP contribution in [0.15, 0.2) is 88.4 Å². The van der Waals surface area contributed by atoms with Gasteiger partial charge in [-0.05, 0) is 37.4 Å². The summed E-state index contributed by atoms with van der Waals surface area (Å²) in [4.78, 5) is 31.6. The van der Waals surface area contributed by atoms with Gasteiger partial charge in [-0.15, -0.1) is 23.1 Å². The number of Topliss-reactive ketones (excluding diaryl/α,β-unsaturated/α-hetero) is 1. The Morgan fingerprint density at radius 2 is 1.79 bits per heavy atom. The van der Waals surface area contributed by atoms with Crippen molar-refractivity contribution in [2.24, 2.45) is 10.9 Å². The third-order valence-corrected chi connectivity index (χ3v) is 7.57. The Morgan fingerprint density at radius 3 is 2.44 bits per heavy atom. The van der Waals surface area contributed by atoms with Crippen molar-refractivity contribution in [2.75, 3.05) is 11.1 Å². The van der Waals surface area contributed by atoms with Crippen molar-refractivity contribution in [3.63, 3.8) is 0 Å². The number of nitriles is 1. The molecule has 3 aromatic rings. The first kappa shape index (κ1) is 23.7. The van der Waals surface area contributed by atoms with Crippen molar-refractivity contribution in [2.45, 2.75) is 19.8 Å². The Labute approximate surface area is 207 Å². The first-order valence-corrected chi connectivity index (χ1v) is 12.7. The van der Waals surface area contributed by atoms with Gasteiger partial charge in [0.25, 0.3) is 5.91 Å². The van der Waals surface area contributed by atoms with Crippen LogP contribution in [0.3, 0.4) is 0 Å². The number of hydrogen-bond donors (Lipinski definition) is 1. The number of benzene rings is 2. The fourth-order valence-corrected chi connectivity index (χ4v) is 5.73. The molecule has 1 N–H and O–H groups in total. The molecule has 170 valence electrons. The molecule has 0 bridgehead atoms. The van der Waals surface area contributed by atoms with Crippen molar-refractivity contribution in [1.29, 1.82) is 5.26 Å². The number of rotatable bonds is 6. The third kappa shape index (κ3) is 5.19. The number of thioether (sulfide) groups is 1. The Balaban J connectivity index is 1.64. The van der Waals surface area contributed by atoms with E-state index in [1.165, 1.54) is 23.1 Å². The van der Waals surface area contributed by atoms with E-state index in [-0.39, 0.29) is 17.4 Å². The molecule has 1 aliphatic heterocycles. The normalized spacial score (nSPS) is 17.6. The number of amides is 1. The first-order chi connectivity index (χ1) is 16.5. The number of aliphatic imine (C=N–C) groups is 1. The molecule has 1 unspecified atom stereocenters. The molecular formula is C27H23N3O2S2.